The van der Waals surface area contributed by atoms with Crippen molar-refractivity contribution in [1.29, 1.82) is 0 Å². The summed E-state index contributed by atoms with van der Waals surface area (Å²) in [7, 11) is -3.74. The average Bonchev–Trinajstić information content (AvgIpc) is 2.46. The van der Waals surface area contributed by atoms with E-state index in [1.807, 2.05) is 0 Å². The molecule has 0 unspecified atom stereocenters. The summed E-state index contributed by atoms with van der Waals surface area (Å²) in [6.07, 6.45) is 0.936. The largest absolute Gasteiger partial charge is 0.316 e. The van der Waals surface area contributed by atoms with Gasteiger partial charge in [-0.3, -0.25) is 19.7 Å². The Morgan fingerprint density at radius 1 is 1.13 bits per heavy atom. The van der Waals surface area contributed by atoms with E-state index in [2.05, 4.69) is 9.97 Å². The normalized spacial score (nSPS) is 11.9. The van der Waals surface area contributed by atoms with E-state index in [0.717, 1.165) is 12.3 Å². The zero-order valence-corrected chi connectivity index (χ0v) is 12.4. The van der Waals surface area contributed by atoms with Crippen molar-refractivity contribution in [2.45, 2.75) is 4.90 Å². The van der Waals surface area contributed by atoms with Crippen LogP contribution in [0, 0.1) is 10.1 Å². The van der Waals surface area contributed by atoms with Crippen LogP contribution < -0.4 is 11.1 Å². The van der Waals surface area contributed by atoms with Crippen LogP contribution in [0.5, 0.6) is 0 Å². The molecule has 0 atom stereocenters. The number of rotatable bonds is 2. The van der Waals surface area contributed by atoms with Crippen LogP contribution in [0.3, 0.4) is 0 Å². The molecule has 2 aromatic carbocycles. The molecule has 0 spiro atoms. The number of fused-ring (bicyclic) bond motifs is 3. The molecule has 0 amide bonds. The Hall–Kier alpha value is -3.01. The predicted molar refractivity (Wildman–Crippen MR) is 82.5 cm³/mol. The number of aromatic amines is 2. The molecule has 0 radical (unpaired) electrons. The molecule has 1 heterocycles. The summed E-state index contributed by atoms with van der Waals surface area (Å²) >= 11 is 0. The Bertz CT molecular complexity index is 1210. The zero-order chi connectivity index (χ0) is 16.9. The topological polar surface area (TPSA) is 143 Å². The molecule has 10 heteroatoms. The summed E-state index contributed by atoms with van der Waals surface area (Å²) < 4.78 is 23.9. The van der Waals surface area contributed by atoms with Gasteiger partial charge in [-0.2, -0.15) is 0 Å². The van der Waals surface area contributed by atoms with Gasteiger partial charge in [-0.05, 0) is 6.07 Å². The summed E-state index contributed by atoms with van der Waals surface area (Å²) in [6.45, 7) is 0. The van der Waals surface area contributed by atoms with Gasteiger partial charge in [0.1, 0.15) is 0 Å². The van der Waals surface area contributed by atoms with Gasteiger partial charge in [0.25, 0.3) is 5.69 Å². The maximum atomic E-state index is 11.9. The zero-order valence-electron chi connectivity index (χ0n) is 11.6. The predicted octanol–water partition coefficient (Wildman–Crippen LogP) is 0.681. The van der Waals surface area contributed by atoms with Crippen LogP contribution in [0.15, 0.2) is 38.8 Å². The SMILES string of the molecule is CS(=O)(=O)c1cccc2c1c([N+](=O)[O-])cc1[nH]c(=O)c(=O)[nH]c12. The number of sulfone groups is 1. The number of nitrogens with zero attached hydrogens (tertiary/aromatic N) is 1. The Morgan fingerprint density at radius 2 is 1.78 bits per heavy atom. The third kappa shape index (κ3) is 2.28. The van der Waals surface area contributed by atoms with E-state index in [1.165, 1.54) is 18.2 Å². The van der Waals surface area contributed by atoms with Crippen LogP contribution in [0.2, 0.25) is 0 Å². The minimum atomic E-state index is -3.74. The molecule has 0 aliphatic carbocycles. The van der Waals surface area contributed by atoms with Crippen molar-refractivity contribution in [3.63, 3.8) is 0 Å². The third-order valence-electron chi connectivity index (χ3n) is 3.39. The maximum absolute atomic E-state index is 11.9. The van der Waals surface area contributed by atoms with Gasteiger partial charge in [-0.25, -0.2) is 8.42 Å². The van der Waals surface area contributed by atoms with Crippen LogP contribution in [0.1, 0.15) is 0 Å². The molecule has 0 aliphatic heterocycles. The van der Waals surface area contributed by atoms with Crippen molar-refractivity contribution in [2.24, 2.45) is 0 Å². The fraction of sp³-hybridized carbons (Fsp3) is 0.0769. The lowest BCUT2D eigenvalue weighted by Gasteiger charge is -2.08. The lowest BCUT2D eigenvalue weighted by molar-refractivity contribution is -0.383. The van der Waals surface area contributed by atoms with E-state index < -0.39 is 31.6 Å². The first-order valence-corrected chi connectivity index (χ1v) is 8.16. The maximum Gasteiger partial charge on any atom is 0.314 e. The Morgan fingerprint density at radius 3 is 2.39 bits per heavy atom. The van der Waals surface area contributed by atoms with Crippen LogP contribution in [0.4, 0.5) is 5.69 Å². The second-order valence-electron chi connectivity index (χ2n) is 4.93. The first-order chi connectivity index (χ1) is 10.7. The van der Waals surface area contributed by atoms with E-state index in [4.69, 9.17) is 0 Å². The molecular weight excluding hydrogens is 326 g/mol. The molecule has 118 valence electrons. The van der Waals surface area contributed by atoms with Crippen molar-refractivity contribution in [1.82, 2.24) is 9.97 Å². The molecule has 9 nitrogen and oxygen atoms in total. The standard InChI is InChI=1S/C13H9N3O6S/c1-23(21,22)9-4-2-3-6-10(9)8(16(19)20)5-7-11(6)15-13(18)12(17)14-7/h2-5H,1H3,(H,14,17)(H,15,18). The molecule has 23 heavy (non-hydrogen) atoms. The molecule has 0 saturated carbocycles. The van der Waals surface area contributed by atoms with Gasteiger partial charge in [-0.15, -0.1) is 0 Å². The van der Waals surface area contributed by atoms with Gasteiger partial charge in [0.2, 0.25) is 0 Å². The fourth-order valence-electron chi connectivity index (χ4n) is 2.47. The number of nitrogens with one attached hydrogen (secondary N) is 2. The van der Waals surface area contributed by atoms with E-state index in [-0.39, 0.29) is 26.7 Å². The van der Waals surface area contributed by atoms with Crippen molar-refractivity contribution in [2.75, 3.05) is 6.26 Å². The van der Waals surface area contributed by atoms with Crippen molar-refractivity contribution in [3.8, 4) is 0 Å². The summed E-state index contributed by atoms with van der Waals surface area (Å²) in [5, 5.41) is 11.4. The van der Waals surface area contributed by atoms with Crippen molar-refractivity contribution >= 4 is 37.3 Å². The summed E-state index contributed by atoms with van der Waals surface area (Å²) in [5.41, 5.74) is -2.20. The van der Waals surface area contributed by atoms with Crippen LogP contribution in [0.25, 0.3) is 21.8 Å². The molecule has 0 aliphatic rings. The number of nitro groups is 1. The van der Waals surface area contributed by atoms with Gasteiger partial charge < -0.3 is 9.97 Å². The van der Waals surface area contributed by atoms with Crippen molar-refractivity contribution in [3.05, 3.63) is 55.1 Å². The van der Waals surface area contributed by atoms with Crippen LogP contribution in [-0.4, -0.2) is 29.6 Å². The Balaban J connectivity index is 2.72. The first kappa shape index (κ1) is 14.9. The Labute approximate surface area is 127 Å². The monoisotopic (exact) mass is 335 g/mol. The highest BCUT2D eigenvalue weighted by atomic mass is 32.2. The minimum Gasteiger partial charge on any atom is -0.316 e. The first-order valence-electron chi connectivity index (χ1n) is 6.26. The van der Waals surface area contributed by atoms with E-state index in [1.54, 1.807) is 0 Å². The molecule has 2 N–H and O–H groups in total. The fourth-order valence-corrected chi connectivity index (χ4v) is 3.38. The van der Waals surface area contributed by atoms with Crippen molar-refractivity contribution < 1.29 is 13.3 Å². The van der Waals surface area contributed by atoms with Crippen LogP contribution in [-0.2, 0) is 9.84 Å². The lowest BCUT2D eigenvalue weighted by atomic mass is 10.1. The highest BCUT2D eigenvalue weighted by Gasteiger charge is 2.23. The summed E-state index contributed by atoms with van der Waals surface area (Å²) in [5.74, 6) is 0. The number of non-ortho nitro benzene ring substituents is 1. The second kappa shape index (κ2) is 4.74. The molecule has 3 aromatic rings. The highest BCUT2D eigenvalue weighted by molar-refractivity contribution is 7.91. The van der Waals surface area contributed by atoms with E-state index in [9.17, 15) is 28.1 Å². The van der Waals surface area contributed by atoms with Gasteiger partial charge in [-0.1, -0.05) is 12.1 Å². The highest BCUT2D eigenvalue weighted by Crippen LogP contribution is 2.35. The molecule has 3 rings (SSSR count). The molecule has 0 bridgehead atoms. The smallest absolute Gasteiger partial charge is 0.314 e. The number of hydrogen-bond acceptors (Lipinski definition) is 6. The number of hydrogen-bond donors (Lipinski definition) is 2. The molecule has 0 saturated heterocycles. The number of aromatic nitrogens is 2. The minimum absolute atomic E-state index is 0.0412. The molecule has 1 aromatic heterocycles. The number of H-pyrrole nitrogens is 2. The summed E-state index contributed by atoms with van der Waals surface area (Å²) in [4.78, 5) is 37.9. The van der Waals surface area contributed by atoms with Gasteiger partial charge in [0.15, 0.2) is 9.84 Å². The molecular formula is C13H9N3O6S. The third-order valence-corrected chi connectivity index (χ3v) is 4.53. The molecule has 0 fully saturated rings. The van der Waals surface area contributed by atoms with Crippen LogP contribution >= 0.6 is 0 Å². The lowest BCUT2D eigenvalue weighted by Crippen LogP contribution is -2.29. The number of benzene rings is 2. The average molecular weight is 335 g/mol. The van der Waals surface area contributed by atoms with E-state index >= 15 is 0 Å². The number of nitro benzene ring substituents is 1. The van der Waals surface area contributed by atoms with Gasteiger partial charge in [0.05, 0.1) is 26.2 Å². The second-order valence-corrected chi connectivity index (χ2v) is 6.92. The van der Waals surface area contributed by atoms with Gasteiger partial charge >= 0.3 is 11.1 Å². The quantitative estimate of drug-likeness (QED) is 0.305. The Kier molecular flexibility index (Phi) is 3.08. The summed E-state index contributed by atoms with van der Waals surface area (Å²) in [6, 6.07) is 5.13. The van der Waals surface area contributed by atoms with Gasteiger partial charge in [0, 0.05) is 17.7 Å². The van der Waals surface area contributed by atoms with E-state index in [0.29, 0.717) is 0 Å².